The highest BCUT2D eigenvalue weighted by Gasteiger charge is 2.41. The molecule has 172 valence electrons. The first-order valence-electron chi connectivity index (χ1n) is 9.45. The lowest BCUT2D eigenvalue weighted by atomic mass is 10.2. The molecule has 0 bridgehead atoms. The minimum Gasteiger partial charge on any atom is -0.508 e. The summed E-state index contributed by atoms with van der Waals surface area (Å²) in [6.07, 6.45) is 0. The van der Waals surface area contributed by atoms with Gasteiger partial charge in [0.05, 0.1) is 23.1 Å². The Morgan fingerprint density at radius 3 is 1.81 bits per heavy atom. The number of halogens is 1. The third-order valence-electron chi connectivity index (χ3n) is 4.60. The molecule has 2 saturated heterocycles. The van der Waals surface area contributed by atoms with Gasteiger partial charge in [-0.25, -0.2) is 4.39 Å². The summed E-state index contributed by atoms with van der Waals surface area (Å²) < 4.78 is 33.5. The van der Waals surface area contributed by atoms with Crippen LogP contribution >= 0.6 is 0 Å². The van der Waals surface area contributed by atoms with Crippen molar-refractivity contribution in [3.63, 3.8) is 0 Å². The fourth-order valence-electron chi connectivity index (χ4n) is 2.40. The predicted octanol–water partition coefficient (Wildman–Crippen LogP) is 3.37. The molecule has 2 aromatic carbocycles. The van der Waals surface area contributed by atoms with Crippen LogP contribution < -0.4 is 9.47 Å². The maximum atomic E-state index is 12.9. The van der Waals surface area contributed by atoms with Gasteiger partial charge in [-0.1, -0.05) is 0 Å². The fraction of sp³-hybridized carbons (Fsp3) is 0.400. The number of nitro benzene ring substituents is 2. The Balaban J connectivity index is 0.000000181. The first kappa shape index (κ1) is 23.2. The first-order chi connectivity index (χ1) is 15.0. The molecule has 2 fully saturated rings. The molecule has 32 heavy (non-hydrogen) atoms. The van der Waals surface area contributed by atoms with Gasteiger partial charge in [0.1, 0.15) is 36.0 Å². The molecule has 0 aromatic heterocycles. The van der Waals surface area contributed by atoms with Gasteiger partial charge >= 0.3 is 11.4 Å². The van der Waals surface area contributed by atoms with Crippen LogP contribution in [0.3, 0.4) is 0 Å². The lowest BCUT2D eigenvalue weighted by molar-refractivity contribution is -0.386. The number of hydrogen-bond donors (Lipinski definition) is 1. The molecule has 12 heteroatoms. The van der Waals surface area contributed by atoms with E-state index in [1.165, 1.54) is 18.2 Å². The van der Waals surface area contributed by atoms with E-state index in [0.717, 1.165) is 18.2 Å². The topological polar surface area (TPSA) is 150 Å². The Hall–Kier alpha value is -3.51. The third-order valence-corrected chi connectivity index (χ3v) is 4.60. The van der Waals surface area contributed by atoms with Crippen LogP contribution in [0.15, 0.2) is 36.4 Å². The van der Waals surface area contributed by atoms with Crippen molar-refractivity contribution < 1.29 is 38.3 Å². The van der Waals surface area contributed by atoms with E-state index in [2.05, 4.69) is 0 Å². The minimum atomic E-state index is -0.606. The van der Waals surface area contributed by atoms with Gasteiger partial charge in [-0.05, 0) is 26.0 Å². The van der Waals surface area contributed by atoms with Gasteiger partial charge in [0.2, 0.25) is 5.75 Å². The first-order valence-corrected chi connectivity index (χ1v) is 9.45. The molecule has 2 atom stereocenters. The second-order valence-electron chi connectivity index (χ2n) is 7.83. The van der Waals surface area contributed by atoms with Crippen molar-refractivity contribution in [2.75, 3.05) is 26.4 Å². The summed E-state index contributed by atoms with van der Waals surface area (Å²) in [6.45, 7) is 5.21. The minimum absolute atomic E-state index is 0.0572. The van der Waals surface area contributed by atoms with E-state index in [-0.39, 0.29) is 53.0 Å². The number of nitro groups is 2. The van der Waals surface area contributed by atoms with Crippen molar-refractivity contribution in [1.82, 2.24) is 0 Å². The average molecular weight is 452 g/mol. The van der Waals surface area contributed by atoms with Crippen molar-refractivity contribution in [2.45, 2.75) is 25.0 Å². The van der Waals surface area contributed by atoms with Gasteiger partial charge in [-0.15, -0.1) is 0 Å². The summed E-state index contributed by atoms with van der Waals surface area (Å²) in [5.41, 5.74) is -1.15. The fourth-order valence-corrected chi connectivity index (χ4v) is 2.40. The average Bonchev–Trinajstić information content (AvgIpc) is 3.64. The van der Waals surface area contributed by atoms with Crippen molar-refractivity contribution in [3.8, 4) is 17.2 Å². The summed E-state index contributed by atoms with van der Waals surface area (Å²) in [7, 11) is 0. The van der Waals surface area contributed by atoms with E-state index < -0.39 is 15.7 Å². The Labute approximate surface area is 181 Å². The van der Waals surface area contributed by atoms with Gasteiger partial charge in [0.15, 0.2) is 5.75 Å². The van der Waals surface area contributed by atoms with E-state index >= 15 is 0 Å². The zero-order valence-corrected chi connectivity index (χ0v) is 17.3. The SMILES string of the molecule is CC1(COc2cc(F)ccc2[N+](=O)[O-])CO1.CC1(COc2cc(O)ccc2[N+](=O)[O-])CO1. The van der Waals surface area contributed by atoms with E-state index in [1.54, 1.807) is 0 Å². The second-order valence-corrected chi connectivity index (χ2v) is 7.83. The van der Waals surface area contributed by atoms with Crippen LogP contribution in [0.5, 0.6) is 17.2 Å². The van der Waals surface area contributed by atoms with Gasteiger partial charge in [0, 0.05) is 24.3 Å². The monoisotopic (exact) mass is 452 g/mol. The van der Waals surface area contributed by atoms with Crippen LogP contribution in [0, 0.1) is 26.0 Å². The number of phenolic OH excluding ortho intramolecular Hbond substituents is 1. The molecule has 2 aliphatic heterocycles. The van der Waals surface area contributed by atoms with Gasteiger partial charge in [-0.2, -0.15) is 0 Å². The van der Waals surface area contributed by atoms with Gasteiger partial charge < -0.3 is 24.1 Å². The largest absolute Gasteiger partial charge is 0.508 e. The predicted molar refractivity (Wildman–Crippen MR) is 108 cm³/mol. The molecular formula is C20H21FN2O9. The Bertz CT molecular complexity index is 941. The molecule has 11 nitrogen and oxygen atoms in total. The number of hydrogen-bond acceptors (Lipinski definition) is 9. The number of nitrogens with zero attached hydrogens (tertiary/aromatic N) is 2. The van der Waals surface area contributed by atoms with Crippen molar-refractivity contribution >= 4 is 11.4 Å². The number of phenols is 1. The highest BCUT2D eigenvalue weighted by molar-refractivity contribution is 5.50. The van der Waals surface area contributed by atoms with Crippen LogP contribution in [0.1, 0.15) is 13.8 Å². The number of ether oxygens (including phenoxy) is 4. The second kappa shape index (κ2) is 8.93. The Kier molecular flexibility index (Phi) is 6.46. The molecule has 4 rings (SSSR count). The van der Waals surface area contributed by atoms with Crippen LogP contribution in [0.2, 0.25) is 0 Å². The summed E-state index contributed by atoms with van der Waals surface area (Å²) in [6, 6.07) is 6.80. The van der Waals surface area contributed by atoms with E-state index in [9.17, 15) is 29.7 Å². The lowest BCUT2D eigenvalue weighted by Crippen LogP contribution is -2.17. The highest BCUT2D eigenvalue weighted by atomic mass is 19.1. The molecule has 0 aliphatic carbocycles. The summed E-state index contributed by atoms with van der Waals surface area (Å²) in [4.78, 5) is 20.2. The number of aromatic hydroxyl groups is 1. The lowest BCUT2D eigenvalue weighted by Gasteiger charge is -2.09. The Morgan fingerprint density at radius 1 is 0.938 bits per heavy atom. The van der Waals surface area contributed by atoms with Gasteiger partial charge in [-0.3, -0.25) is 20.2 Å². The van der Waals surface area contributed by atoms with Crippen molar-refractivity contribution in [2.24, 2.45) is 0 Å². The molecule has 2 aromatic rings. The number of rotatable bonds is 8. The van der Waals surface area contributed by atoms with Crippen molar-refractivity contribution in [3.05, 3.63) is 62.4 Å². The maximum Gasteiger partial charge on any atom is 0.311 e. The molecule has 0 amide bonds. The molecule has 1 N–H and O–H groups in total. The standard InChI is InChI=1S/C10H10FNO4.C10H11NO5/c1-10(6-16-10)5-15-9-4-7(11)2-3-8(9)12(13)14;1-10(6-16-10)5-15-9-4-7(12)2-3-8(9)11(13)14/h2-4H,5-6H2,1H3;2-4,12H,5-6H2,1H3. The zero-order chi connectivity index (χ0) is 23.5. The Morgan fingerprint density at radius 2 is 1.38 bits per heavy atom. The van der Waals surface area contributed by atoms with Crippen molar-refractivity contribution in [1.29, 1.82) is 0 Å². The normalized spacial score (nSPS) is 22.8. The number of epoxide rings is 2. The molecule has 0 spiro atoms. The van der Waals surface area contributed by atoms with Crippen LogP contribution in [0.25, 0.3) is 0 Å². The molecule has 2 aliphatic rings. The molecule has 0 saturated carbocycles. The van der Waals surface area contributed by atoms with E-state index in [0.29, 0.717) is 13.2 Å². The summed E-state index contributed by atoms with van der Waals surface area (Å²) in [5.74, 6) is -0.645. The van der Waals surface area contributed by atoms with Crippen LogP contribution in [0.4, 0.5) is 15.8 Å². The molecular weight excluding hydrogens is 431 g/mol. The summed E-state index contributed by atoms with van der Waals surface area (Å²) >= 11 is 0. The highest BCUT2D eigenvalue weighted by Crippen LogP contribution is 2.34. The quantitative estimate of drug-likeness (QED) is 0.361. The summed E-state index contributed by atoms with van der Waals surface area (Å²) in [5, 5.41) is 30.6. The molecule has 2 unspecified atom stereocenters. The van der Waals surface area contributed by atoms with Crippen LogP contribution in [-0.4, -0.2) is 52.6 Å². The number of benzene rings is 2. The zero-order valence-electron chi connectivity index (χ0n) is 17.3. The third kappa shape index (κ3) is 6.25. The maximum absolute atomic E-state index is 12.9. The van der Waals surface area contributed by atoms with E-state index in [4.69, 9.17) is 18.9 Å². The van der Waals surface area contributed by atoms with Crippen LogP contribution in [-0.2, 0) is 9.47 Å². The molecule has 2 heterocycles. The molecule has 0 radical (unpaired) electrons. The van der Waals surface area contributed by atoms with Gasteiger partial charge in [0.25, 0.3) is 0 Å². The smallest absolute Gasteiger partial charge is 0.311 e. The van der Waals surface area contributed by atoms with E-state index in [1.807, 2.05) is 13.8 Å².